The number of methoxy groups -OCH3 is 2. The Kier molecular flexibility index (Phi) is 10.3. The van der Waals surface area contributed by atoms with Crippen LogP contribution in [0.1, 0.15) is 65.2 Å². The van der Waals surface area contributed by atoms with E-state index in [2.05, 4.69) is 0 Å². The smallest absolute Gasteiger partial charge is 0.426 e. The van der Waals surface area contributed by atoms with Gasteiger partial charge in [0.05, 0.1) is 10.8 Å². The summed E-state index contributed by atoms with van der Waals surface area (Å²) in [4.78, 5) is 24.4. The third kappa shape index (κ3) is 8.76. The molecule has 2 rings (SSSR count). The normalized spacial score (nSPS) is 14.1. The fraction of sp³-hybridized carbons (Fsp3) is 0.462. The molecule has 196 valence electrons. The highest BCUT2D eigenvalue weighted by molar-refractivity contribution is 7.33. The van der Waals surface area contributed by atoms with Gasteiger partial charge in [-0.2, -0.15) is 0 Å². The second-order valence-electron chi connectivity index (χ2n) is 9.99. The van der Waals surface area contributed by atoms with E-state index in [9.17, 15) is 14.2 Å². The van der Waals surface area contributed by atoms with Gasteiger partial charge in [0.25, 0.3) is 0 Å². The number of hydrogen-bond donors (Lipinski definition) is 0. The molecule has 0 N–H and O–H groups in total. The summed E-state index contributed by atoms with van der Waals surface area (Å²) < 4.78 is 45.1. The lowest BCUT2D eigenvalue weighted by Gasteiger charge is -2.17. The van der Waals surface area contributed by atoms with Crippen molar-refractivity contribution in [1.82, 2.24) is 0 Å². The van der Waals surface area contributed by atoms with Crippen molar-refractivity contribution in [1.29, 1.82) is 0 Å². The maximum absolute atomic E-state index is 12.7. The highest BCUT2D eigenvalue weighted by atomic mass is 31.1. The van der Waals surface area contributed by atoms with E-state index >= 15 is 0 Å². The van der Waals surface area contributed by atoms with Crippen molar-refractivity contribution in [3.8, 4) is 11.5 Å². The molecule has 0 aromatic heterocycles. The average Bonchev–Trinajstić information content (AvgIpc) is 2.80. The Morgan fingerprint density at radius 3 is 1.36 bits per heavy atom. The van der Waals surface area contributed by atoms with Gasteiger partial charge >= 0.3 is 20.2 Å². The van der Waals surface area contributed by atoms with Crippen LogP contribution in [0.3, 0.4) is 0 Å². The number of benzene rings is 2. The van der Waals surface area contributed by atoms with Gasteiger partial charge in [0.1, 0.15) is 11.5 Å². The lowest BCUT2D eigenvalue weighted by molar-refractivity contribution is -0.143. The van der Waals surface area contributed by atoms with E-state index in [0.29, 0.717) is 22.6 Å². The molecule has 2 aromatic carbocycles. The number of hydrogen-bond acceptors (Lipinski definition) is 9. The molecular weight excluding hydrogens is 487 g/mol. The van der Waals surface area contributed by atoms with E-state index in [1.807, 2.05) is 0 Å². The number of esters is 2. The molecular formula is C26H34O9P+. The third-order valence-corrected chi connectivity index (χ3v) is 5.43. The molecule has 0 bridgehead atoms. The molecule has 0 radical (unpaired) electrons. The van der Waals surface area contributed by atoms with Crippen molar-refractivity contribution in [2.24, 2.45) is 10.8 Å². The molecule has 2 aromatic rings. The molecule has 10 heteroatoms. The van der Waals surface area contributed by atoms with Crippen LogP contribution in [0.15, 0.2) is 48.5 Å². The zero-order chi connectivity index (χ0) is 27.1. The Hall–Kier alpha value is -2.68. The van der Waals surface area contributed by atoms with E-state index in [0.717, 1.165) is 0 Å². The summed E-state index contributed by atoms with van der Waals surface area (Å²) in [5, 5.41) is 0. The average molecular weight is 522 g/mol. The summed E-state index contributed by atoms with van der Waals surface area (Å²) in [6.45, 7) is 10.5. The van der Waals surface area contributed by atoms with Crippen molar-refractivity contribution in [3.05, 3.63) is 59.7 Å². The molecule has 0 heterocycles. The van der Waals surface area contributed by atoms with E-state index in [-0.39, 0.29) is 0 Å². The van der Waals surface area contributed by atoms with Gasteiger partial charge < -0.3 is 18.9 Å². The predicted octanol–water partition coefficient (Wildman–Crippen LogP) is 6.27. The summed E-state index contributed by atoms with van der Waals surface area (Å²) >= 11 is 0. The first-order valence-electron chi connectivity index (χ1n) is 11.3. The van der Waals surface area contributed by atoms with Gasteiger partial charge in [0, 0.05) is 29.9 Å². The molecule has 0 amide bonds. The fourth-order valence-electron chi connectivity index (χ4n) is 2.63. The molecule has 0 aliphatic carbocycles. The third-order valence-electron chi connectivity index (χ3n) is 4.70. The molecule has 0 fully saturated rings. The summed E-state index contributed by atoms with van der Waals surface area (Å²) in [5.74, 6) is -0.208. The Labute approximate surface area is 212 Å². The Bertz CT molecular complexity index is 986. The van der Waals surface area contributed by atoms with Crippen molar-refractivity contribution in [2.45, 2.75) is 54.1 Å². The van der Waals surface area contributed by atoms with Gasteiger partial charge in [-0.05, 0) is 65.8 Å². The van der Waals surface area contributed by atoms with Crippen LogP contribution < -0.4 is 9.47 Å². The maximum Gasteiger partial charge on any atom is 0.703 e. The molecule has 0 saturated heterocycles. The molecule has 0 aliphatic rings. The maximum atomic E-state index is 12.7. The lowest BCUT2D eigenvalue weighted by Crippen LogP contribution is -2.25. The van der Waals surface area contributed by atoms with Crippen LogP contribution in [-0.2, 0) is 32.7 Å². The van der Waals surface area contributed by atoms with Crippen LogP contribution in [0.25, 0.3) is 0 Å². The van der Waals surface area contributed by atoms with Crippen LogP contribution in [0, 0.1) is 10.8 Å². The minimum atomic E-state index is -2.72. The quantitative estimate of drug-likeness (QED) is 0.155. The number of rotatable bonds is 10. The summed E-state index contributed by atoms with van der Waals surface area (Å²) in [5.41, 5.74) is -0.425. The zero-order valence-electron chi connectivity index (χ0n) is 21.9. The van der Waals surface area contributed by atoms with E-state index in [4.69, 9.17) is 28.0 Å². The van der Waals surface area contributed by atoms with Crippen LogP contribution in [-0.4, -0.2) is 26.2 Å². The van der Waals surface area contributed by atoms with Crippen molar-refractivity contribution in [2.75, 3.05) is 14.2 Å². The molecule has 0 saturated carbocycles. The van der Waals surface area contributed by atoms with Gasteiger partial charge in [-0.15, -0.1) is 0 Å². The van der Waals surface area contributed by atoms with Gasteiger partial charge in [-0.3, -0.25) is 9.59 Å². The largest absolute Gasteiger partial charge is 0.703 e. The standard InChI is InChI=1S/C26H34O9P/c1-25(2,3)23(27)32-19-13-9-11-17(15-19)21(30-7)34-36(29)35-22(31-8)18-12-10-14-20(16-18)33-24(28)26(4,5)6/h9-16,21-22H,1-8H3/q+1. The minimum Gasteiger partial charge on any atom is -0.426 e. The predicted molar refractivity (Wildman–Crippen MR) is 132 cm³/mol. The number of ether oxygens (including phenoxy) is 4. The first-order chi connectivity index (χ1) is 16.7. The van der Waals surface area contributed by atoms with Gasteiger partial charge in [-0.25, -0.2) is 0 Å². The van der Waals surface area contributed by atoms with E-state index < -0.39 is 43.6 Å². The molecule has 2 unspecified atom stereocenters. The molecule has 9 nitrogen and oxygen atoms in total. The van der Waals surface area contributed by atoms with Gasteiger partial charge in [0.2, 0.25) is 12.6 Å². The van der Waals surface area contributed by atoms with Crippen LogP contribution in [0.5, 0.6) is 11.5 Å². The molecule has 0 spiro atoms. The highest BCUT2D eigenvalue weighted by Crippen LogP contribution is 2.40. The van der Waals surface area contributed by atoms with Crippen molar-refractivity contribution < 1.29 is 42.1 Å². The Morgan fingerprint density at radius 1 is 0.694 bits per heavy atom. The molecule has 2 atom stereocenters. The Morgan fingerprint density at radius 2 is 1.06 bits per heavy atom. The summed E-state index contributed by atoms with van der Waals surface area (Å²) in [6.07, 6.45) is -2.14. The second-order valence-corrected chi connectivity index (χ2v) is 10.9. The van der Waals surface area contributed by atoms with Gasteiger partial charge in [-0.1, -0.05) is 33.3 Å². The second kappa shape index (κ2) is 12.5. The van der Waals surface area contributed by atoms with Gasteiger partial charge in [0.15, 0.2) is 0 Å². The molecule has 0 aliphatic heterocycles. The molecule has 36 heavy (non-hydrogen) atoms. The topological polar surface area (TPSA) is 107 Å². The van der Waals surface area contributed by atoms with E-state index in [1.54, 1.807) is 90.1 Å². The van der Waals surface area contributed by atoms with Crippen LogP contribution in [0.4, 0.5) is 0 Å². The van der Waals surface area contributed by atoms with Crippen molar-refractivity contribution in [3.63, 3.8) is 0 Å². The minimum absolute atomic E-state index is 0.297. The monoisotopic (exact) mass is 521 g/mol. The van der Waals surface area contributed by atoms with Crippen LogP contribution in [0.2, 0.25) is 0 Å². The number of carbonyl (C=O) groups is 2. The lowest BCUT2D eigenvalue weighted by atomic mass is 9.97. The zero-order valence-corrected chi connectivity index (χ0v) is 22.8. The van der Waals surface area contributed by atoms with Crippen molar-refractivity contribution >= 4 is 20.2 Å². The SMILES string of the molecule is COC(O[P+](=O)OC(OC)c1cccc(OC(=O)C(C)(C)C)c1)c1cccc(OC(=O)C(C)(C)C)c1. The van der Waals surface area contributed by atoms with E-state index in [1.165, 1.54) is 14.2 Å². The van der Waals surface area contributed by atoms with Crippen LogP contribution >= 0.6 is 8.25 Å². The Balaban J connectivity index is 2.10. The summed E-state index contributed by atoms with van der Waals surface area (Å²) in [6, 6.07) is 13.0. The fourth-order valence-corrected chi connectivity index (χ4v) is 3.41. The first-order valence-corrected chi connectivity index (χ1v) is 12.3. The highest BCUT2D eigenvalue weighted by Gasteiger charge is 2.34. The first kappa shape index (κ1) is 29.5. The number of carbonyl (C=O) groups excluding carboxylic acids is 2. The summed E-state index contributed by atoms with van der Waals surface area (Å²) in [7, 11) is 0.0316.